The van der Waals surface area contributed by atoms with E-state index in [-0.39, 0.29) is 22.9 Å². The van der Waals surface area contributed by atoms with Crippen LogP contribution >= 0.6 is 0 Å². The van der Waals surface area contributed by atoms with Crippen LogP contribution in [0, 0.1) is 0 Å². The van der Waals surface area contributed by atoms with E-state index in [1.807, 2.05) is 0 Å². The highest BCUT2D eigenvalue weighted by molar-refractivity contribution is 7.89. The number of hydrogen-bond donors (Lipinski definition) is 1. The van der Waals surface area contributed by atoms with Crippen LogP contribution in [0.5, 0.6) is 0 Å². The average molecular weight is 411 g/mol. The fraction of sp³-hybridized carbons (Fsp3) is 0.556. The van der Waals surface area contributed by atoms with Crippen LogP contribution in [0.25, 0.3) is 11.1 Å². The van der Waals surface area contributed by atoms with Crippen LogP contribution in [0.1, 0.15) is 25.7 Å². The number of ether oxygens (including phenoxy) is 1. The lowest BCUT2D eigenvalue weighted by atomic mass is 10.2. The normalized spacial score (nSPS) is 16.2. The molecule has 1 aromatic carbocycles. The number of hydrogen-bond acceptors (Lipinski definition) is 6. The maximum absolute atomic E-state index is 12.9. The summed E-state index contributed by atoms with van der Waals surface area (Å²) in [7, 11) is -2.12. The van der Waals surface area contributed by atoms with Crippen LogP contribution in [-0.2, 0) is 26.1 Å². The summed E-state index contributed by atoms with van der Waals surface area (Å²) in [6.07, 6.45) is 3.72. The van der Waals surface area contributed by atoms with E-state index in [1.165, 1.54) is 34.2 Å². The molecule has 0 atom stereocenters. The summed E-state index contributed by atoms with van der Waals surface area (Å²) in [6, 6.07) is 4.32. The lowest BCUT2D eigenvalue weighted by molar-refractivity contribution is -0.121. The second-order valence-electron chi connectivity index (χ2n) is 6.74. The maximum atomic E-state index is 12.9. The van der Waals surface area contributed by atoms with Gasteiger partial charge >= 0.3 is 5.76 Å². The highest BCUT2D eigenvalue weighted by Gasteiger charge is 2.26. The first-order valence-corrected chi connectivity index (χ1v) is 10.8. The molecule has 2 heterocycles. The van der Waals surface area contributed by atoms with Crippen molar-refractivity contribution in [2.24, 2.45) is 0 Å². The summed E-state index contributed by atoms with van der Waals surface area (Å²) in [5, 5.41) is 2.63. The van der Waals surface area contributed by atoms with Gasteiger partial charge in [0.25, 0.3) is 0 Å². The molecular weight excluding hydrogens is 386 g/mol. The average Bonchev–Trinajstić information content (AvgIpc) is 2.85. The first-order chi connectivity index (χ1) is 13.4. The molecule has 1 saturated heterocycles. The maximum Gasteiger partial charge on any atom is 0.420 e. The fourth-order valence-corrected chi connectivity index (χ4v) is 4.81. The number of sulfonamides is 1. The van der Waals surface area contributed by atoms with Crippen LogP contribution in [0.3, 0.4) is 0 Å². The van der Waals surface area contributed by atoms with E-state index in [1.54, 1.807) is 0 Å². The van der Waals surface area contributed by atoms with Gasteiger partial charge in [-0.1, -0.05) is 12.8 Å². The molecule has 1 aromatic heterocycles. The van der Waals surface area contributed by atoms with Gasteiger partial charge in [0.15, 0.2) is 5.58 Å². The molecule has 0 aliphatic carbocycles. The number of aromatic nitrogens is 1. The van der Waals surface area contributed by atoms with Gasteiger partial charge in [0.1, 0.15) is 6.54 Å². The van der Waals surface area contributed by atoms with Crippen molar-refractivity contribution >= 4 is 27.0 Å². The molecule has 3 rings (SSSR count). The predicted molar refractivity (Wildman–Crippen MR) is 103 cm³/mol. The molecule has 0 spiro atoms. The van der Waals surface area contributed by atoms with Crippen molar-refractivity contribution in [1.82, 2.24) is 14.2 Å². The minimum Gasteiger partial charge on any atom is -0.408 e. The molecule has 0 saturated carbocycles. The Balaban J connectivity index is 1.85. The van der Waals surface area contributed by atoms with Gasteiger partial charge in [0, 0.05) is 32.8 Å². The molecule has 2 aromatic rings. The Labute approximate surface area is 163 Å². The number of carbonyl (C=O) groups excluding carboxylic acids is 1. The lowest BCUT2D eigenvalue weighted by Crippen LogP contribution is -2.32. The number of oxazole rings is 1. The van der Waals surface area contributed by atoms with Crippen LogP contribution in [0.15, 0.2) is 32.3 Å². The number of amides is 1. The van der Waals surface area contributed by atoms with Crippen molar-refractivity contribution in [3.8, 4) is 0 Å². The molecular formula is C18H25N3O6S. The first kappa shape index (κ1) is 20.6. The summed E-state index contributed by atoms with van der Waals surface area (Å²) >= 11 is 0. The Hall–Kier alpha value is -2.17. The van der Waals surface area contributed by atoms with E-state index in [4.69, 9.17) is 9.15 Å². The van der Waals surface area contributed by atoms with Gasteiger partial charge in [-0.15, -0.1) is 0 Å². The van der Waals surface area contributed by atoms with Gasteiger partial charge in [-0.25, -0.2) is 13.2 Å². The van der Waals surface area contributed by atoms with Gasteiger partial charge < -0.3 is 14.5 Å². The van der Waals surface area contributed by atoms with E-state index in [2.05, 4.69) is 5.32 Å². The Bertz CT molecular complexity index is 986. The fourth-order valence-electron chi connectivity index (χ4n) is 3.28. The largest absolute Gasteiger partial charge is 0.420 e. The number of rotatable bonds is 7. The molecule has 10 heteroatoms. The number of carbonyl (C=O) groups is 1. The van der Waals surface area contributed by atoms with Gasteiger partial charge in [0.2, 0.25) is 15.9 Å². The van der Waals surface area contributed by atoms with Crippen molar-refractivity contribution in [2.45, 2.75) is 37.1 Å². The van der Waals surface area contributed by atoms with Crippen LogP contribution in [-0.4, -0.2) is 56.5 Å². The first-order valence-electron chi connectivity index (χ1n) is 9.32. The second-order valence-corrected chi connectivity index (χ2v) is 8.68. The molecule has 0 unspecified atom stereocenters. The zero-order chi connectivity index (χ0) is 20.1. The van der Waals surface area contributed by atoms with E-state index >= 15 is 0 Å². The monoisotopic (exact) mass is 411 g/mol. The van der Waals surface area contributed by atoms with Crippen LogP contribution in [0.4, 0.5) is 0 Å². The molecule has 1 fully saturated rings. The third kappa shape index (κ3) is 4.45. The molecule has 1 aliphatic heterocycles. The highest BCUT2D eigenvalue weighted by atomic mass is 32.2. The number of nitrogens with one attached hydrogen (secondary N) is 1. The number of benzene rings is 1. The Morgan fingerprint density at radius 1 is 1.21 bits per heavy atom. The predicted octanol–water partition coefficient (Wildman–Crippen LogP) is 0.922. The van der Waals surface area contributed by atoms with Gasteiger partial charge in [0.05, 0.1) is 17.0 Å². The molecule has 1 aliphatic rings. The van der Waals surface area contributed by atoms with Crippen molar-refractivity contribution in [3.05, 3.63) is 28.7 Å². The summed E-state index contributed by atoms with van der Waals surface area (Å²) in [6.45, 7) is 1.47. The van der Waals surface area contributed by atoms with Crippen molar-refractivity contribution in [3.63, 3.8) is 0 Å². The molecule has 1 N–H and O–H groups in total. The smallest absolute Gasteiger partial charge is 0.408 e. The molecule has 1 amide bonds. The molecule has 0 bridgehead atoms. The minimum absolute atomic E-state index is 0.0901. The summed E-state index contributed by atoms with van der Waals surface area (Å²) in [5.74, 6) is -1.07. The van der Waals surface area contributed by atoms with Crippen molar-refractivity contribution in [2.75, 3.05) is 33.4 Å². The number of nitrogens with zero attached hydrogens (tertiary/aromatic N) is 2. The third-order valence-corrected chi connectivity index (χ3v) is 6.67. The second kappa shape index (κ2) is 8.89. The Kier molecular flexibility index (Phi) is 6.53. The third-order valence-electron chi connectivity index (χ3n) is 4.77. The Morgan fingerprint density at radius 2 is 1.93 bits per heavy atom. The van der Waals surface area contributed by atoms with Crippen molar-refractivity contribution in [1.29, 1.82) is 0 Å². The van der Waals surface area contributed by atoms with Crippen LogP contribution < -0.4 is 11.1 Å². The number of methoxy groups -OCH3 is 1. The SMILES string of the molecule is COCCNC(=O)Cn1c(=O)oc2cc(S(=O)(=O)N3CCCCCC3)ccc21. The van der Waals surface area contributed by atoms with E-state index in [9.17, 15) is 18.0 Å². The Morgan fingerprint density at radius 3 is 2.61 bits per heavy atom. The molecule has 0 radical (unpaired) electrons. The van der Waals surface area contributed by atoms with Crippen molar-refractivity contribution < 1.29 is 22.4 Å². The van der Waals surface area contributed by atoms with E-state index in [0.29, 0.717) is 31.8 Å². The topological polar surface area (TPSA) is 111 Å². The number of fused-ring (bicyclic) bond motifs is 1. The minimum atomic E-state index is -3.65. The zero-order valence-electron chi connectivity index (χ0n) is 15.8. The summed E-state index contributed by atoms with van der Waals surface area (Å²) in [4.78, 5) is 24.2. The summed E-state index contributed by atoms with van der Waals surface area (Å²) in [5.41, 5.74) is 0.521. The van der Waals surface area contributed by atoms with Gasteiger partial charge in [-0.2, -0.15) is 4.31 Å². The highest BCUT2D eigenvalue weighted by Crippen LogP contribution is 2.23. The molecule has 28 heavy (non-hydrogen) atoms. The van der Waals surface area contributed by atoms with E-state index < -0.39 is 15.8 Å². The van der Waals surface area contributed by atoms with E-state index in [0.717, 1.165) is 25.7 Å². The molecule has 154 valence electrons. The summed E-state index contributed by atoms with van der Waals surface area (Å²) < 4.78 is 38.6. The van der Waals surface area contributed by atoms with Crippen LogP contribution in [0.2, 0.25) is 0 Å². The zero-order valence-corrected chi connectivity index (χ0v) is 16.7. The van der Waals surface area contributed by atoms with Gasteiger partial charge in [-0.05, 0) is 25.0 Å². The van der Waals surface area contributed by atoms with Gasteiger partial charge in [-0.3, -0.25) is 9.36 Å². The quantitative estimate of drug-likeness (QED) is 0.679. The standard InChI is InChI=1S/C18H25N3O6S/c1-26-11-8-19-17(22)13-21-15-7-6-14(12-16(15)27-18(21)23)28(24,25)20-9-4-2-3-5-10-20/h6-7,12H,2-5,8-11,13H2,1H3,(H,19,22). The molecule has 9 nitrogen and oxygen atoms in total. The lowest BCUT2D eigenvalue weighted by Gasteiger charge is -2.19.